The summed E-state index contributed by atoms with van der Waals surface area (Å²) in [5, 5.41) is 3.87. The van der Waals surface area contributed by atoms with Crippen LogP contribution in [0.15, 0.2) is 31.7 Å². The molecule has 0 amide bonds. The number of hydrogen-bond donors (Lipinski definition) is 0. The number of thiophene rings is 1. The average molecular weight is 240 g/mol. The molecule has 1 atom stereocenters. The van der Waals surface area contributed by atoms with Crippen LogP contribution in [-0.2, 0) is 9.59 Å². The fourth-order valence-electron chi connectivity index (χ4n) is 0.930. The Bertz CT molecular complexity index is 406. The van der Waals surface area contributed by atoms with E-state index in [4.69, 9.17) is 0 Å². The lowest BCUT2D eigenvalue weighted by Gasteiger charge is -2.18. The van der Waals surface area contributed by atoms with Crippen LogP contribution in [0.4, 0.5) is 0 Å². The molecule has 78 valence electrons. The Kier molecular flexibility index (Phi) is 4.46. The Labute approximate surface area is 95.1 Å². The molecule has 0 spiro atoms. The molecule has 0 aliphatic carbocycles. The molecule has 0 saturated carbocycles. The van der Waals surface area contributed by atoms with Crippen LogP contribution in [-0.4, -0.2) is 23.6 Å². The molecule has 1 heterocycles. The minimum absolute atomic E-state index is 0.117. The number of rotatable bonds is 5. The molecule has 0 aromatic carbocycles. The molecular formula is C9H8N2O2S2. The molecule has 0 aliphatic rings. The van der Waals surface area contributed by atoms with E-state index in [9.17, 15) is 9.59 Å². The summed E-state index contributed by atoms with van der Waals surface area (Å²) in [4.78, 5) is 27.6. The fourth-order valence-corrected chi connectivity index (χ4v) is 2.75. The first-order valence-electron chi connectivity index (χ1n) is 4.04. The first-order chi connectivity index (χ1) is 7.20. The Hall–Kier alpha value is -1.19. The highest BCUT2D eigenvalue weighted by atomic mass is 32.2. The van der Waals surface area contributed by atoms with Gasteiger partial charge in [0.15, 0.2) is 0 Å². The first-order valence-corrected chi connectivity index (χ1v) is 5.80. The third-order valence-corrected chi connectivity index (χ3v) is 3.53. The standard InChI is InChI=1S/C9H8N2O2S2/c1-9(11-7-13,5-10-6-12)15-8-2-3-14-4-8/h2-4H,5H2,1H3. The number of aliphatic imine (C=N–C) groups is 2. The van der Waals surface area contributed by atoms with Gasteiger partial charge in [0, 0.05) is 10.3 Å². The van der Waals surface area contributed by atoms with E-state index in [2.05, 4.69) is 9.98 Å². The molecule has 6 heteroatoms. The third-order valence-electron chi connectivity index (χ3n) is 1.55. The summed E-state index contributed by atoms with van der Waals surface area (Å²) in [5.41, 5.74) is 0. The van der Waals surface area contributed by atoms with Crippen molar-refractivity contribution in [3.05, 3.63) is 16.8 Å². The molecule has 1 aromatic heterocycles. The second-order valence-electron chi connectivity index (χ2n) is 2.85. The van der Waals surface area contributed by atoms with Crippen LogP contribution in [0.5, 0.6) is 0 Å². The van der Waals surface area contributed by atoms with Gasteiger partial charge in [-0.15, -0.1) is 0 Å². The van der Waals surface area contributed by atoms with Gasteiger partial charge in [0.25, 0.3) is 0 Å². The van der Waals surface area contributed by atoms with Gasteiger partial charge in [-0.1, -0.05) is 11.8 Å². The summed E-state index contributed by atoms with van der Waals surface area (Å²) in [5.74, 6) is 0. The SMILES string of the molecule is CC(CN=C=O)(N=C=O)Sc1ccsc1. The first kappa shape index (κ1) is 11.9. The molecule has 0 fully saturated rings. The Balaban J connectivity index is 2.81. The molecule has 1 rings (SSSR count). The highest BCUT2D eigenvalue weighted by molar-refractivity contribution is 8.00. The lowest BCUT2D eigenvalue weighted by Crippen LogP contribution is -2.20. The van der Waals surface area contributed by atoms with Crippen LogP contribution in [0.25, 0.3) is 0 Å². The number of isocyanates is 2. The zero-order valence-corrected chi connectivity index (χ0v) is 9.60. The lowest BCUT2D eigenvalue weighted by atomic mass is 10.3. The maximum absolute atomic E-state index is 10.3. The van der Waals surface area contributed by atoms with Crippen molar-refractivity contribution >= 4 is 35.3 Å². The van der Waals surface area contributed by atoms with E-state index >= 15 is 0 Å². The number of hydrogen-bond acceptors (Lipinski definition) is 6. The zero-order valence-electron chi connectivity index (χ0n) is 7.97. The predicted octanol–water partition coefficient (Wildman–Crippen LogP) is 2.23. The lowest BCUT2D eigenvalue weighted by molar-refractivity contribution is 0.550. The van der Waals surface area contributed by atoms with Gasteiger partial charge >= 0.3 is 0 Å². The molecule has 15 heavy (non-hydrogen) atoms. The van der Waals surface area contributed by atoms with Crippen LogP contribution >= 0.6 is 23.1 Å². The van der Waals surface area contributed by atoms with E-state index < -0.39 is 4.87 Å². The molecule has 0 saturated heterocycles. The molecule has 1 aromatic rings. The maximum Gasteiger partial charge on any atom is 0.236 e. The van der Waals surface area contributed by atoms with Gasteiger partial charge in [-0.3, -0.25) is 0 Å². The van der Waals surface area contributed by atoms with Gasteiger partial charge < -0.3 is 0 Å². The molecule has 0 N–H and O–H groups in total. The zero-order chi connectivity index (χ0) is 11.1. The highest BCUT2D eigenvalue weighted by Crippen LogP contribution is 2.35. The number of nitrogens with zero attached hydrogens (tertiary/aromatic N) is 2. The van der Waals surface area contributed by atoms with Gasteiger partial charge in [0.1, 0.15) is 4.87 Å². The van der Waals surface area contributed by atoms with Crippen molar-refractivity contribution in [1.82, 2.24) is 0 Å². The smallest absolute Gasteiger partial charge is 0.211 e. The largest absolute Gasteiger partial charge is 0.236 e. The van der Waals surface area contributed by atoms with E-state index in [1.165, 1.54) is 23.9 Å². The summed E-state index contributed by atoms with van der Waals surface area (Å²) in [6.07, 6.45) is 2.93. The van der Waals surface area contributed by atoms with Crippen LogP contribution in [0.2, 0.25) is 0 Å². The third kappa shape index (κ3) is 3.81. The van der Waals surface area contributed by atoms with E-state index in [0.717, 1.165) is 4.90 Å². The number of thioether (sulfide) groups is 1. The van der Waals surface area contributed by atoms with Crippen molar-refractivity contribution in [3.63, 3.8) is 0 Å². The van der Waals surface area contributed by atoms with E-state index in [0.29, 0.717) is 0 Å². The van der Waals surface area contributed by atoms with Crippen molar-refractivity contribution in [3.8, 4) is 0 Å². The van der Waals surface area contributed by atoms with Crippen molar-refractivity contribution in [2.45, 2.75) is 16.7 Å². The Morgan fingerprint density at radius 3 is 2.87 bits per heavy atom. The number of carbonyl (C=O) groups excluding carboxylic acids is 2. The highest BCUT2D eigenvalue weighted by Gasteiger charge is 2.25. The van der Waals surface area contributed by atoms with E-state index in [1.54, 1.807) is 18.3 Å². The average Bonchev–Trinajstić information content (AvgIpc) is 2.68. The summed E-state index contributed by atoms with van der Waals surface area (Å²) < 4.78 is 0. The van der Waals surface area contributed by atoms with Crippen molar-refractivity contribution in [2.75, 3.05) is 6.54 Å². The van der Waals surface area contributed by atoms with Crippen molar-refractivity contribution in [1.29, 1.82) is 0 Å². The molecule has 4 nitrogen and oxygen atoms in total. The summed E-state index contributed by atoms with van der Waals surface area (Å²) in [7, 11) is 0. The molecule has 0 aliphatic heterocycles. The van der Waals surface area contributed by atoms with Gasteiger partial charge in [-0.05, 0) is 18.4 Å². The topological polar surface area (TPSA) is 58.9 Å². The van der Waals surface area contributed by atoms with Crippen LogP contribution < -0.4 is 0 Å². The summed E-state index contributed by atoms with van der Waals surface area (Å²) >= 11 is 2.92. The van der Waals surface area contributed by atoms with Crippen molar-refractivity contribution in [2.24, 2.45) is 9.98 Å². The van der Waals surface area contributed by atoms with Crippen LogP contribution in [0.1, 0.15) is 6.92 Å². The minimum Gasteiger partial charge on any atom is -0.211 e. The second kappa shape index (κ2) is 5.63. The molecule has 0 radical (unpaired) electrons. The Morgan fingerprint density at radius 2 is 2.33 bits per heavy atom. The quantitative estimate of drug-likeness (QED) is 0.450. The van der Waals surface area contributed by atoms with Crippen LogP contribution in [0.3, 0.4) is 0 Å². The summed E-state index contributed by atoms with van der Waals surface area (Å²) in [6, 6.07) is 1.92. The van der Waals surface area contributed by atoms with Crippen molar-refractivity contribution < 1.29 is 9.59 Å². The van der Waals surface area contributed by atoms with Gasteiger partial charge in [-0.25, -0.2) is 14.6 Å². The summed E-state index contributed by atoms with van der Waals surface area (Å²) in [6.45, 7) is 1.84. The van der Waals surface area contributed by atoms with Gasteiger partial charge in [0.05, 0.1) is 6.54 Å². The fraction of sp³-hybridized carbons (Fsp3) is 0.333. The predicted molar refractivity (Wildman–Crippen MR) is 59.7 cm³/mol. The maximum atomic E-state index is 10.3. The Morgan fingerprint density at radius 1 is 1.53 bits per heavy atom. The second-order valence-corrected chi connectivity index (χ2v) is 5.18. The molecule has 0 bridgehead atoms. The molecular weight excluding hydrogens is 232 g/mol. The normalized spacial score (nSPS) is 13.4. The van der Waals surface area contributed by atoms with Crippen LogP contribution in [0, 0.1) is 0 Å². The monoisotopic (exact) mass is 240 g/mol. The van der Waals surface area contributed by atoms with E-state index in [-0.39, 0.29) is 6.54 Å². The van der Waals surface area contributed by atoms with Gasteiger partial charge in [0.2, 0.25) is 12.2 Å². The van der Waals surface area contributed by atoms with Gasteiger partial charge in [-0.2, -0.15) is 16.3 Å². The molecule has 1 unspecified atom stereocenters. The van der Waals surface area contributed by atoms with E-state index in [1.807, 2.05) is 16.8 Å². The minimum atomic E-state index is -0.778.